The summed E-state index contributed by atoms with van der Waals surface area (Å²) in [5.41, 5.74) is 3.13. The average molecular weight is 514 g/mol. The summed E-state index contributed by atoms with van der Waals surface area (Å²) in [6, 6.07) is 5.54. The van der Waals surface area contributed by atoms with E-state index < -0.39 is 11.7 Å². The zero-order valence-corrected chi connectivity index (χ0v) is 22.0. The van der Waals surface area contributed by atoms with E-state index in [-0.39, 0.29) is 17.2 Å². The van der Waals surface area contributed by atoms with Crippen molar-refractivity contribution in [1.82, 2.24) is 20.5 Å². The molecule has 0 spiro atoms. The molecule has 2 amide bonds. The van der Waals surface area contributed by atoms with Gasteiger partial charge >= 0.3 is 0 Å². The number of aromatic amines is 1. The molecule has 8 nitrogen and oxygen atoms in total. The highest BCUT2D eigenvalue weighted by Gasteiger charge is 2.32. The second-order valence-corrected chi connectivity index (χ2v) is 9.28. The van der Waals surface area contributed by atoms with Gasteiger partial charge in [0.2, 0.25) is 0 Å². The minimum Gasteiger partial charge on any atom is -0.506 e. The molecule has 4 N–H and O–H groups in total. The summed E-state index contributed by atoms with van der Waals surface area (Å²) in [6.45, 7) is 11.0. The van der Waals surface area contributed by atoms with E-state index in [1.165, 1.54) is 31.3 Å². The number of nitrogens with zero attached hydrogens (tertiary/aromatic N) is 2. The van der Waals surface area contributed by atoms with Crippen molar-refractivity contribution in [2.45, 2.75) is 27.7 Å². The molecule has 2 heterocycles. The molecule has 0 fully saturated rings. The third-order valence-corrected chi connectivity index (χ3v) is 7.01. The molecule has 2 aromatic rings. The highest BCUT2D eigenvalue weighted by Crippen LogP contribution is 2.40. The lowest BCUT2D eigenvalue weighted by molar-refractivity contribution is -0.116. The van der Waals surface area contributed by atoms with Crippen LogP contribution in [-0.4, -0.2) is 65.1 Å². The van der Waals surface area contributed by atoms with Gasteiger partial charge in [-0.3, -0.25) is 9.59 Å². The second kappa shape index (κ2) is 12.0. The lowest BCUT2D eigenvalue weighted by atomic mass is 10.1. The number of hydrogen-bond donors (Lipinski definition) is 4. The van der Waals surface area contributed by atoms with E-state index in [4.69, 9.17) is 0 Å². The summed E-state index contributed by atoms with van der Waals surface area (Å²) < 4.78 is 13.3. The molecule has 0 saturated carbocycles. The molecule has 0 bridgehead atoms. The molecule has 1 aromatic carbocycles. The zero-order chi connectivity index (χ0) is 26.4. The predicted molar refractivity (Wildman–Crippen MR) is 143 cm³/mol. The number of carbonyl (C=O) groups excluding carboxylic acids is 2. The fourth-order valence-electron chi connectivity index (χ4n) is 3.91. The van der Waals surface area contributed by atoms with E-state index in [0.29, 0.717) is 39.1 Å². The Morgan fingerprint density at radius 2 is 1.83 bits per heavy atom. The summed E-state index contributed by atoms with van der Waals surface area (Å²) in [4.78, 5) is 35.7. The van der Waals surface area contributed by atoms with Crippen molar-refractivity contribution in [3.8, 4) is 0 Å². The van der Waals surface area contributed by atoms with Crippen LogP contribution in [0.1, 0.15) is 41.2 Å². The van der Waals surface area contributed by atoms with Gasteiger partial charge in [-0.1, -0.05) is 25.6 Å². The number of benzene rings is 1. The molecule has 10 heteroatoms. The first kappa shape index (κ1) is 27.2. The smallest absolute Gasteiger partial charge is 0.257 e. The average Bonchev–Trinajstić information content (AvgIpc) is 3.32. The number of aliphatic imine (C=N–C) groups is 1. The highest BCUT2D eigenvalue weighted by atomic mass is 32.2. The fraction of sp³-hybridized carbons (Fsp3) is 0.346. The van der Waals surface area contributed by atoms with Gasteiger partial charge in [0.1, 0.15) is 22.2 Å². The molecule has 0 radical (unpaired) electrons. The Hall–Kier alpha value is -3.37. The Morgan fingerprint density at radius 1 is 1.17 bits per heavy atom. The molecule has 0 unspecified atom stereocenters. The normalized spacial score (nSPS) is 15.9. The Balaban J connectivity index is 1.89. The number of nitrogens with one attached hydrogen (secondary N) is 3. The van der Waals surface area contributed by atoms with Crippen LogP contribution in [0.3, 0.4) is 0 Å². The summed E-state index contributed by atoms with van der Waals surface area (Å²) in [5.74, 6) is -1.26. The number of aliphatic hydroxyl groups excluding tert-OH is 1. The van der Waals surface area contributed by atoms with Gasteiger partial charge < -0.3 is 25.6 Å². The SMILES string of the molecule is CCN(CC)CCNC(=O)c1c(C)[nH]c(/C=C2/SC(=Nc3ccc(F)cc3)C(C(=O)NC)=C2O)c1C. The molecule has 1 aliphatic heterocycles. The van der Waals surface area contributed by atoms with Gasteiger partial charge in [-0.15, -0.1) is 0 Å². The topological polar surface area (TPSA) is 110 Å². The van der Waals surface area contributed by atoms with Crippen LogP contribution in [0.2, 0.25) is 0 Å². The Bertz CT molecular complexity index is 1230. The largest absolute Gasteiger partial charge is 0.506 e. The molecule has 1 aromatic heterocycles. The van der Waals surface area contributed by atoms with Crippen LogP contribution in [0.4, 0.5) is 10.1 Å². The second-order valence-electron chi connectivity index (χ2n) is 8.25. The monoisotopic (exact) mass is 513 g/mol. The lowest BCUT2D eigenvalue weighted by Gasteiger charge is -2.18. The summed E-state index contributed by atoms with van der Waals surface area (Å²) >= 11 is 1.13. The molecule has 0 saturated heterocycles. The third kappa shape index (κ3) is 6.06. The Labute approximate surface area is 214 Å². The molecular weight excluding hydrogens is 481 g/mol. The van der Waals surface area contributed by atoms with Crippen molar-refractivity contribution < 1.29 is 19.1 Å². The minimum atomic E-state index is -0.489. The number of carbonyl (C=O) groups is 2. The summed E-state index contributed by atoms with van der Waals surface area (Å²) in [7, 11) is 1.47. The van der Waals surface area contributed by atoms with Crippen molar-refractivity contribution in [2.24, 2.45) is 4.99 Å². The van der Waals surface area contributed by atoms with Gasteiger partial charge in [-0.25, -0.2) is 9.38 Å². The van der Waals surface area contributed by atoms with Crippen LogP contribution in [0.25, 0.3) is 6.08 Å². The lowest BCUT2D eigenvalue weighted by Crippen LogP contribution is -2.35. The third-order valence-electron chi connectivity index (χ3n) is 5.99. The molecular formula is C26H32FN5O3S. The van der Waals surface area contributed by atoms with E-state index in [9.17, 15) is 19.1 Å². The van der Waals surface area contributed by atoms with Gasteiger partial charge in [0.05, 0.1) is 16.2 Å². The highest BCUT2D eigenvalue weighted by molar-refractivity contribution is 8.18. The van der Waals surface area contributed by atoms with Gasteiger partial charge in [-0.2, -0.15) is 0 Å². The number of amides is 2. The van der Waals surface area contributed by atoms with Crippen LogP contribution in [0, 0.1) is 19.7 Å². The number of H-pyrrole nitrogens is 1. The van der Waals surface area contributed by atoms with E-state index in [1.54, 1.807) is 6.08 Å². The maximum absolute atomic E-state index is 13.3. The number of aryl methyl sites for hydroxylation is 1. The number of aromatic nitrogens is 1. The van der Waals surface area contributed by atoms with Gasteiger partial charge in [-0.05, 0) is 62.8 Å². The van der Waals surface area contributed by atoms with Crippen LogP contribution < -0.4 is 10.6 Å². The summed E-state index contributed by atoms with van der Waals surface area (Å²) in [6.07, 6.45) is 1.70. The Morgan fingerprint density at radius 3 is 2.44 bits per heavy atom. The standard InChI is InChI=1S/C26H32FN5O3S/c1-6-32(7-2)13-12-29-25(35)21-15(3)19(30-16(21)4)14-20-23(33)22(24(34)28-5)26(36-20)31-18-10-8-17(27)9-11-18/h8-11,14,30,33H,6-7,12-13H2,1-5H3,(H,28,34)(H,29,35)/b20-14+,31-26?. The van der Waals surface area contributed by atoms with E-state index >= 15 is 0 Å². The Kier molecular flexibility index (Phi) is 9.11. The van der Waals surface area contributed by atoms with Crippen LogP contribution in [0.5, 0.6) is 0 Å². The van der Waals surface area contributed by atoms with Crippen LogP contribution >= 0.6 is 11.8 Å². The first-order valence-corrected chi connectivity index (χ1v) is 12.6. The fourth-order valence-corrected chi connectivity index (χ4v) is 4.94. The zero-order valence-electron chi connectivity index (χ0n) is 21.2. The summed E-state index contributed by atoms with van der Waals surface area (Å²) in [5, 5.41) is 16.7. The van der Waals surface area contributed by atoms with Crippen LogP contribution in [0.15, 0.2) is 45.5 Å². The van der Waals surface area contributed by atoms with Crippen molar-refractivity contribution in [3.05, 3.63) is 68.8 Å². The van der Waals surface area contributed by atoms with Crippen molar-refractivity contribution in [3.63, 3.8) is 0 Å². The number of thioether (sulfide) groups is 1. The van der Waals surface area contributed by atoms with Gasteiger partial charge in [0.15, 0.2) is 0 Å². The quantitative estimate of drug-likeness (QED) is 0.401. The molecule has 1 aliphatic rings. The maximum Gasteiger partial charge on any atom is 0.257 e. The van der Waals surface area contributed by atoms with E-state index in [1.807, 2.05) is 13.8 Å². The molecule has 36 heavy (non-hydrogen) atoms. The van der Waals surface area contributed by atoms with Gasteiger partial charge in [0, 0.05) is 31.5 Å². The number of aliphatic hydroxyl groups is 1. The number of likely N-dealkylation sites (N-methyl/N-ethyl adjacent to an activating group) is 2. The van der Waals surface area contributed by atoms with Crippen molar-refractivity contribution in [2.75, 3.05) is 33.2 Å². The van der Waals surface area contributed by atoms with E-state index in [2.05, 4.69) is 39.4 Å². The minimum absolute atomic E-state index is 0.0355. The number of halogens is 1. The molecule has 3 rings (SSSR count). The molecule has 0 atom stereocenters. The van der Waals surface area contributed by atoms with Crippen LogP contribution in [-0.2, 0) is 4.79 Å². The first-order chi connectivity index (χ1) is 17.2. The van der Waals surface area contributed by atoms with Crippen molar-refractivity contribution >= 4 is 40.4 Å². The van der Waals surface area contributed by atoms with Gasteiger partial charge in [0.25, 0.3) is 11.8 Å². The maximum atomic E-state index is 13.3. The molecule has 192 valence electrons. The number of rotatable bonds is 9. The van der Waals surface area contributed by atoms with Crippen molar-refractivity contribution in [1.29, 1.82) is 0 Å². The first-order valence-electron chi connectivity index (χ1n) is 11.8. The predicted octanol–water partition coefficient (Wildman–Crippen LogP) is 4.22. The molecule has 0 aliphatic carbocycles. The number of hydrogen-bond acceptors (Lipinski definition) is 6. The van der Waals surface area contributed by atoms with E-state index in [0.717, 1.165) is 37.0 Å².